The van der Waals surface area contributed by atoms with Gasteiger partial charge in [0, 0.05) is 11.6 Å². The Kier molecular flexibility index (Phi) is 5.10. The normalized spacial score (nSPS) is 16.7. The van der Waals surface area contributed by atoms with Crippen molar-refractivity contribution >= 4 is 22.8 Å². The number of nitrogens with zero attached hydrogens (tertiary/aromatic N) is 1. The van der Waals surface area contributed by atoms with E-state index in [0.29, 0.717) is 5.56 Å². The van der Waals surface area contributed by atoms with E-state index in [2.05, 4.69) is 20.6 Å². The molecule has 24 heavy (non-hydrogen) atoms. The van der Waals surface area contributed by atoms with Gasteiger partial charge in [0.25, 0.3) is 5.91 Å². The van der Waals surface area contributed by atoms with Crippen LogP contribution in [-0.2, 0) is 4.79 Å². The van der Waals surface area contributed by atoms with Crippen molar-refractivity contribution in [1.82, 2.24) is 20.6 Å². The monoisotopic (exact) mass is 330 g/mol. The number of aliphatic hydroxyl groups excluding tert-OH is 1. The van der Waals surface area contributed by atoms with E-state index in [1.165, 1.54) is 6.42 Å². The average molecular weight is 330 g/mol. The fourth-order valence-corrected chi connectivity index (χ4v) is 3.06. The number of hydrogen-bond donors (Lipinski definition) is 4. The van der Waals surface area contributed by atoms with Crippen LogP contribution in [0.25, 0.3) is 11.0 Å². The first-order valence-electron chi connectivity index (χ1n) is 8.32. The molecule has 128 valence electrons. The van der Waals surface area contributed by atoms with Crippen molar-refractivity contribution < 1.29 is 14.7 Å². The van der Waals surface area contributed by atoms with Crippen LogP contribution < -0.4 is 10.6 Å². The van der Waals surface area contributed by atoms with Crippen molar-refractivity contribution in [3.8, 4) is 0 Å². The number of benzene rings is 1. The van der Waals surface area contributed by atoms with Crippen molar-refractivity contribution in [3.63, 3.8) is 0 Å². The van der Waals surface area contributed by atoms with Crippen LogP contribution in [0.5, 0.6) is 0 Å². The van der Waals surface area contributed by atoms with Crippen molar-refractivity contribution in [2.24, 2.45) is 0 Å². The molecule has 3 rings (SSSR count). The number of aliphatic hydroxyl groups is 1. The number of carbonyl (C=O) groups excluding carboxylic acids is 2. The number of imidazole rings is 1. The molecule has 0 unspecified atom stereocenters. The Labute approximate surface area is 139 Å². The molecule has 1 atom stereocenters. The second-order valence-electron chi connectivity index (χ2n) is 6.19. The quantitative estimate of drug-likeness (QED) is 0.658. The fourth-order valence-electron chi connectivity index (χ4n) is 3.06. The minimum absolute atomic E-state index is 0.138. The second-order valence-corrected chi connectivity index (χ2v) is 6.19. The number of fused-ring (bicyclic) bond motifs is 1. The van der Waals surface area contributed by atoms with Gasteiger partial charge in [0.1, 0.15) is 6.04 Å². The first-order valence-corrected chi connectivity index (χ1v) is 8.32. The summed E-state index contributed by atoms with van der Waals surface area (Å²) in [5.41, 5.74) is 1.92. The molecule has 0 spiro atoms. The van der Waals surface area contributed by atoms with Crippen LogP contribution in [0.15, 0.2) is 24.5 Å². The number of H-pyrrole nitrogens is 1. The van der Waals surface area contributed by atoms with Gasteiger partial charge in [-0.3, -0.25) is 9.59 Å². The molecule has 2 amide bonds. The van der Waals surface area contributed by atoms with E-state index in [4.69, 9.17) is 0 Å². The van der Waals surface area contributed by atoms with Crippen LogP contribution in [0, 0.1) is 0 Å². The summed E-state index contributed by atoms with van der Waals surface area (Å²) in [6.45, 7) is -0.434. The predicted molar refractivity (Wildman–Crippen MR) is 89.4 cm³/mol. The highest BCUT2D eigenvalue weighted by Gasteiger charge is 2.24. The smallest absolute Gasteiger partial charge is 0.252 e. The molecule has 0 radical (unpaired) electrons. The molecule has 7 heteroatoms. The van der Waals surface area contributed by atoms with Crippen molar-refractivity contribution in [1.29, 1.82) is 0 Å². The van der Waals surface area contributed by atoms with E-state index >= 15 is 0 Å². The number of hydrogen-bond acceptors (Lipinski definition) is 4. The number of carbonyl (C=O) groups is 2. The Morgan fingerprint density at radius 2 is 2.08 bits per heavy atom. The number of nitrogens with one attached hydrogen (secondary N) is 3. The number of rotatable bonds is 5. The van der Waals surface area contributed by atoms with Crippen molar-refractivity contribution in [3.05, 3.63) is 30.1 Å². The second kappa shape index (κ2) is 7.44. The first-order chi connectivity index (χ1) is 11.7. The van der Waals surface area contributed by atoms with E-state index in [0.717, 1.165) is 36.7 Å². The standard InChI is InChI=1S/C17H22N4O3/c22-9-15(17(24)20-12-4-2-1-3-5-12)21-16(23)11-6-7-13-14(8-11)19-10-18-13/h6-8,10,12,15,22H,1-5,9H2,(H,18,19)(H,20,24)(H,21,23)/t15-/m0/s1. The zero-order chi connectivity index (χ0) is 16.9. The van der Waals surface area contributed by atoms with Gasteiger partial charge in [-0.2, -0.15) is 0 Å². The third kappa shape index (κ3) is 3.73. The lowest BCUT2D eigenvalue weighted by Crippen LogP contribution is -2.51. The van der Waals surface area contributed by atoms with Crippen LogP contribution in [0.2, 0.25) is 0 Å². The van der Waals surface area contributed by atoms with Crippen molar-refractivity contribution in [2.75, 3.05) is 6.61 Å². The molecule has 4 N–H and O–H groups in total. The molecule has 1 aliphatic carbocycles. The molecular weight excluding hydrogens is 308 g/mol. The van der Waals surface area contributed by atoms with Crippen LogP contribution in [0.1, 0.15) is 42.5 Å². The lowest BCUT2D eigenvalue weighted by atomic mass is 9.95. The summed E-state index contributed by atoms with van der Waals surface area (Å²) in [6.07, 6.45) is 6.86. The molecule has 1 aromatic heterocycles. The molecule has 7 nitrogen and oxygen atoms in total. The summed E-state index contributed by atoms with van der Waals surface area (Å²) < 4.78 is 0. The Hall–Kier alpha value is -2.41. The van der Waals surface area contributed by atoms with E-state index in [1.54, 1.807) is 24.5 Å². The molecule has 0 bridgehead atoms. The molecule has 1 fully saturated rings. The average Bonchev–Trinajstić information content (AvgIpc) is 3.07. The molecule has 1 aromatic carbocycles. The number of amides is 2. The van der Waals surface area contributed by atoms with E-state index < -0.39 is 18.6 Å². The maximum absolute atomic E-state index is 12.3. The third-order valence-electron chi connectivity index (χ3n) is 4.44. The Morgan fingerprint density at radius 1 is 1.29 bits per heavy atom. The fraction of sp³-hybridized carbons (Fsp3) is 0.471. The van der Waals surface area contributed by atoms with Gasteiger partial charge in [0.05, 0.1) is 24.0 Å². The largest absolute Gasteiger partial charge is 0.394 e. The highest BCUT2D eigenvalue weighted by atomic mass is 16.3. The predicted octanol–water partition coefficient (Wildman–Crippen LogP) is 1.10. The molecule has 0 aliphatic heterocycles. The van der Waals surface area contributed by atoms with Gasteiger partial charge >= 0.3 is 0 Å². The maximum atomic E-state index is 12.3. The first kappa shape index (κ1) is 16.4. The Bertz CT molecular complexity index is 721. The topological polar surface area (TPSA) is 107 Å². The number of aromatic nitrogens is 2. The van der Waals surface area contributed by atoms with Crippen LogP contribution >= 0.6 is 0 Å². The molecular formula is C17H22N4O3. The van der Waals surface area contributed by atoms with E-state index in [1.807, 2.05) is 0 Å². The van der Waals surface area contributed by atoms with Crippen LogP contribution in [-0.4, -0.2) is 45.6 Å². The summed E-state index contributed by atoms with van der Waals surface area (Å²) in [6, 6.07) is 4.24. The van der Waals surface area contributed by atoms with Gasteiger partial charge in [-0.1, -0.05) is 19.3 Å². The Balaban J connectivity index is 1.62. The van der Waals surface area contributed by atoms with Gasteiger partial charge < -0.3 is 20.7 Å². The molecule has 1 aliphatic rings. The van der Waals surface area contributed by atoms with Gasteiger partial charge in [0.15, 0.2) is 0 Å². The summed E-state index contributed by atoms with van der Waals surface area (Å²) in [5, 5.41) is 15.0. The number of aromatic amines is 1. The van der Waals surface area contributed by atoms with Gasteiger partial charge in [-0.05, 0) is 31.0 Å². The minimum atomic E-state index is -0.947. The van der Waals surface area contributed by atoms with Gasteiger partial charge in [-0.25, -0.2) is 4.98 Å². The van der Waals surface area contributed by atoms with Crippen molar-refractivity contribution in [2.45, 2.75) is 44.2 Å². The van der Waals surface area contributed by atoms with E-state index in [-0.39, 0.29) is 11.9 Å². The summed E-state index contributed by atoms with van der Waals surface area (Å²) in [5.74, 6) is -0.732. The molecule has 1 heterocycles. The molecule has 0 saturated heterocycles. The SMILES string of the molecule is O=C(N[C@@H](CO)C(=O)NC1CCCCC1)c1ccc2nc[nH]c2c1. The molecule has 2 aromatic rings. The lowest BCUT2D eigenvalue weighted by molar-refractivity contribution is -0.124. The summed E-state index contributed by atoms with van der Waals surface area (Å²) >= 11 is 0. The molecule has 1 saturated carbocycles. The highest BCUT2D eigenvalue weighted by Crippen LogP contribution is 2.17. The minimum Gasteiger partial charge on any atom is -0.394 e. The van der Waals surface area contributed by atoms with Gasteiger partial charge in [-0.15, -0.1) is 0 Å². The maximum Gasteiger partial charge on any atom is 0.252 e. The van der Waals surface area contributed by atoms with Gasteiger partial charge in [0.2, 0.25) is 5.91 Å². The zero-order valence-corrected chi connectivity index (χ0v) is 13.4. The lowest BCUT2D eigenvalue weighted by Gasteiger charge is -2.25. The third-order valence-corrected chi connectivity index (χ3v) is 4.44. The zero-order valence-electron chi connectivity index (χ0n) is 13.4. The summed E-state index contributed by atoms with van der Waals surface area (Å²) in [7, 11) is 0. The highest BCUT2D eigenvalue weighted by molar-refractivity contribution is 5.99. The van der Waals surface area contributed by atoms with E-state index in [9.17, 15) is 14.7 Å². The van der Waals surface area contributed by atoms with Crippen LogP contribution in [0.3, 0.4) is 0 Å². The summed E-state index contributed by atoms with van der Waals surface area (Å²) in [4.78, 5) is 31.7. The Morgan fingerprint density at radius 3 is 2.83 bits per heavy atom. The van der Waals surface area contributed by atoms with Crippen LogP contribution in [0.4, 0.5) is 0 Å².